The Morgan fingerprint density at radius 2 is 0.667 bits per heavy atom. The zero-order chi connectivity index (χ0) is 18.1. The van der Waals surface area contributed by atoms with Crippen molar-refractivity contribution in [3.05, 3.63) is 12.7 Å². The molecule has 0 radical (unpaired) electrons. The van der Waals surface area contributed by atoms with Gasteiger partial charge in [-0.3, -0.25) is 0 Å². The molecule has 0 spiro atoms. The van der Waals surface area contributed by atoms with Gasteiger partial charge < -0.3 is 0 Å². The van der Waals surface area contributed by atoms with Gasteiger partial charge in [0.1, 0.15) is 0 Å². The SMILES string of the molecule is C=CCCCCCC.CCCCCCCCCCCCCCCC. The Balaban J connectivity index is 0. The van der Waals surface area contributed by atoms with Crippen molar-refractivity contribution in [2.75, 3.05) is 0 Å². The number of allylic oxidation sites excluding steroid dienone is 1. The quantitative estimate of drug-likeness (QED) is 0.172. The number of unbranched alkanes of at least 4 members (excludes halogenated alkanes) is 17. The van der Waals surface area contributed by atoms with Gasteiger partial charge in [0.15, 0.2) is 0 Å². The minimum atomic E-state index is 1.19. The molecule has 0 aliphatic rings. The minimum Gasteiger partial charge on any atom is -0.103 e. The molecule has 0 saturated heterocycles. The second-order valence-corrected chi connectivity index (χ2v) is 7.38. The third-order valence-electron chi connectivity index (χ3n) is 4.72. The normalized spacial score (nSPS) is 10.3. The van der Waals surface area contributed by atoms with Gasteiger partial charge in [-0.2, -0.15) is 0 Å². The molecule has 0 aliphatic heterocycles. The molecule has 0 aromatic carbocycles. The zero-order valence-electron chi connectivity index (χ0n) is 17.7. The van der Waals surface area contributed by atoms with Gasteiger partial charge in [0.25, 0.3) is 0 Å². The molecule has 0 fully saturated rings. The van der Waals surface area contributed by atoms with Crippen LogP contribution in [0.3, 0.4) is 0 Å². The third kappa shape index (κ3) is 29.7. The second kappa shape index (κ2) is 27.6. The summed E-state index contributed by atoms with van der Waals surface area (Å²) < 4.78 is 0. The van der Waals surface area contributed by atoms with Crippen LogP contribution in [-0.2, 0) is 0 Å². The molecule has 0 aromatic heterocycles. The van der Waals surface area contributed by atoms with Crippen LogP contribution in [0.1, 0.15) is 143 Å². The van der Waals surface area contributed by atoms with Gasteiger partial charge in [-0.15, -0.1) is 6.58 Å². The first-order valence-corrected chi connectivity index (χ1v) is 11.4. The number of hydrogen-bond donors (Lipinski definition) is 0. The van der Waals surface area contributed by atoms with Crippen LogP contribution >= 0.6 is 0 Å². The first-order valence-electron chi connectivity index (χ1n) is 11.4. The standard InChI is InChI=1S/C16H34.C8H16/c1-3-5-7-9-11-13-15-16-14-12-10-8-6-4-2;1-3-5-7-8-6-4-2/h3-16H2,1-2H3;3H,1,4-8H2,2H3. The topological polar surface area (TPSA) is 0 Å². The highest BCUT2D eigenvalue weighted by Gasteiger charge is 1.92. The molecule has 0 atom stereocenters. The molecule has 0 heteroatoms. The van der Waals surface area contributed by atoms with Gasteiger partial charge in [0, 0.05) is 0 Å². The molecule has 0 bridgehead atoms. The lowest BCUT2D eigenvalue weighted by Crippen LogP contribution is -1.82. The lowest BCUT2D eigenvalue weighted by atomic mass is 10.0. The van der Waals surface area contributed by atoms with Crippen LogP contribution in [0.2, 0.25) is 0 Å². The highest BCUT2D eigenvalue weighted by molar-refractivity contribution is 4.65. The average molecular weight is 339 g/mol. The summed E-state index contributed by atoms with van der Waals surface area (Å²) in [5.41, 5.74) is 0. The van der Waals surface area contributed by atoms with E-state index in [-0.39, 0.29) is 0 Å². The Morgan fingerprint density at radius 3 is 0.917 bits per heavy atom. The lowest BCUT2D eigenvalue weighted by molar-refractivity contribution is 0.538. The summed E-state index contributed by atoms with van der Waals surface area (Å²) in [6, 6.07) is 0. The minimum absolute atomic E-state index is 1.19. The highest BCUT2D eigenvalue weighted by atomic mass is 14.0. The van der Waals surface area contributed by atoms with Crippen LogP contribution in [0.4, 0.5) is 0 Å². The van der Waals surface area contributed by atoms with Crippen LogP contribution < -0.4 is 0 Å². The van der Waals surface area contributed by atoms with Crippen molar-refractivity contribution in [2.24, 2.45) is 0 Å². The van der Waals surface area contributed by atoms with Crippen LogP contribution in [-0.4, -0.2) is 0 Å². The van der Waals surface area contributed by atoms with Crippen molar-refractivity contribution in [3.63, 3.8) is 0 Å². The molecule has 0 amide bonds. The number of hydrogen-bond acceptors (Lipinski definition) is 0. The monoisotopic (exact) mass is 338 g/mol. The Hall–Kier alpha value is -0.260. The maximum Gasteiger partial charge on any atom is -0.0353 e. The molecule has 146 valence electrons. The Kier molecular flexibility index (Phi) is 29.9. The molecule has 0 aromatic rings. The van der Waals surface area contributed by atoms with E-state index in [0.717, 1.165) is 0 Å². The fourth-order valence-electron chi connectivity index (χ4n) is 2.98. The molecule has 0 nitrogen and oxygen atoms in total. The van der Waals surface area contributed by atoms with Crippen molar-refractivity contribution in [2.45, 2.75) is 143 Å². The average Bonchev–Trinajstić information content (AvgIpc) is 2.60. The Morgan fingerprint density at radius 1 is 0.417 bits per heavy atom. The lowest BCUT2D eigenvalue weighted by Gasteiger charge is -2.02. The van der Waals surface area contributed by atoms with E-state index in [1.165, 1.54) is 122 Å². The summed E-state index contributed by atoms with van der Waals surface area (Å²) in [7, 11) is 0. The summed E-state index contributed by atoms with van der Waals surface area (Å²) in [4.78, 5) is 0. The highest BCUT2D eigenvalue weighted by Crippen LogP contribution is 2.12. The summed E-state index contributed by atoms with van der Waals surface area (Å²) in [6.45, 7) is 10.5. The summed E-state index contributed by atoms with van der Waals surface area (Å²) in [6.07, 6.45) is 29.0. The van der Waals surface area contributed by atoms with Crippen LogP contribution in [0, 0.1) is 0 Å². The van der Waals surface area contributed by atoms with Gasteiger partial charge in [-0.1, -0.05) is 136 Å². The number of rotatable bonds is 18. The van der Waals surface area contributed by atoms with Crippen LogP contribution in [0.25, 0.3) is 0 Å². The first-order chi connectivity index (χ1) is 11.8. The van der Waals surface area contributed by atoms with Crippen molar-refractivity contribution in [1.29, 1.82) is 0 Å². The van der Waals surface area contributed by atoms with Crippen LogP contribution in [0.5, 0.6) is 0 Å². The summed E-state index contributed by atoms with van der Waals surface area (Å²) in [5, 5.41) is 0. The van der Waals surface area contributed by atoms with Gasteiger partial charge in [0.05, 0.1) is 0 Å². The van der Waals surface area contributed by atoms with E-state index in [1.807, 2.05) is 6.08 Å². The van der Waals surface area contributed by atoms with E-state index >= 15 is 0 Å². The maximum absolute atomic E-state index is 3.66. The van der Waals surface area contributed by atoms with E-state index < -0.39 is 0 Å². The first kappa shape index (κ1) is 26.0. The van der Waals surface area contributed by atoms with Crippen molar-refractivity contribution in [3.8, 4) is 0 Å². The van der Waals surface area contributed by atoms with Crippen LogP contribution in [0.15, 0.2) is 12.7 Å². The Bertz CT molecular complexity index is 180. The van der Waals surface area contributed by atoms with E-state index in [4.69, 9.17) is 0 Å². The fraction of sp³-hybridized carbons (Fsp3) is 0.917. The molecular formula is C24H50. The summed E-state index contributed by atoms with van der Waals surface area (Å²) >= 11 is 0. The Labute approximate surface area is 155 Å². The van der Waals surface area contributed by atoms with Crippen molar-refractivity contribution in [1.82, 2.24) is 0 Å². The van der Waals surface area contributed by atoms with E-state index in [2.05, 4.69) is 27.4 Å². The molecule has 0 aliphatic carbocycles. The zero-order valence-corrected chi connectivity index (χ0v) is 17.7. The largest absolute Gasteiger partial charge is 0.103 e. The predicted molar refractivity (Wildman–Crippen MR) is 115 cm³/mol. The van der Waals surface area contributed by atoms with E-state index in [1.54, 1.807) is 0 Å². The van der Waals surface area contributed by atoms with E-state index in [0.29, 0.717) is 0 Å². The smallest absolute Gasteiger partial charge is 0.0353 e. The molecule has 0 saturated carbocycles. The summed E-state index contributed by atoms with van der Waals surface area (Å²) in [5.74, 6) is 0. The predicted octanol–water partition coefficient (Wildman–Crippen LogP) is 9.63. The molecule has 0 unspecified atom stereocenters. The second-order valence-electron chi connectivity index (χ2n) is 7.38. The molecule has 0 N–H and O–H groups in total. The van der Waals surface area contributed by atoms with Gasteiger partial charge >= 0.3 is 0 Å². The third-order valence-corrected chi connectivity index (χ3v) is 4.72. The van der Waals surface area contributed by atoms with Crippen molar-refractivity contribution >= 4 is 0 Å². The maximum atomic E-state index is 3.66. The van der Waals surface area contributed by atoms with Gasteiger partial charge in [-0.05, 0) is 12.8 Å². The fourth-order valence-corrected chi connectivity index (χ4v) is 2.98. The van der Waals surface area contributed by atoms with Gasteiger partial charge in [-0.25, -0.2) is 0 Å². The van der Waals surface area contributed by atoms with Gasteiger partial charge in [0.2, 0.25) is 0 Å². The molecule has 0 heterocycles. The molecular weight excluding hydrogens is 288 g/mol. The van der Waals surface area contributed by atoms with E-state index in [9.17, 15) is 0 Å². The molecule has 24 heavy (non-hydrogen) atoms. The van der Waals surface area contributed by atoms with Crippen molar-refractivity contribution < 1.29 is 0 Å². The molecule has 0 rings (SSSR count).